The van der Waals surface area contributed by atoms with E-state index in [0.717, 1.165) is 23.3 Å². The Morgan fingerprint density at radius 1 is 0.415 bits per heavy atom. The number of hydrogen-bond acceptors (Lipinski definition) is 5. The maximum atomic E-state index is 11.9. The van der Waals surface area contributed by atoms with Crippen LogP contribution in [0.15, 0.2) is 194 Å². The molecule has 0 aromatic heterocycles. The molecule has 0 bridgehead atoms. The smallest absolute Gasteiger partial charge is 0.185 e. The van der Waals surface area contributed by atoms with Crippen LogP contribution in [-0.4, -0.2) is 15.8 Å². The first-order valence-corrected chi connectivity index (χ1v) is 17.4. The minimum atomic E-state index is -0.822. The molecule has 0 N–H and O–H groups in total. The molecule has 6 rings (SSSR count). The summed E-state index contributed by atoms with van der Waals surface area (Å²) in [6.45, 7) is 0. The van der Waals surface area contributed by atoms with Crippen molar-refractivity contribution in [2.24, 2.45) is 0 Å². The van der Waals surface area contributed by atoms with E-state index in [1.807, 2.05) is 84.9 Å². The number of allylic oxidation sites excluding steroid dienone is 2. The predicted octanol–water partition coefficient (Wildman–Crippen LogP) is 7.44. The van der Waals surface area contributed by atoms with E-state index in [9.17, 15) is 24.0 Å². The number of hydrogen-bond donors (Lipinski definition) is 0. The van der Waals surface area contributed by atoms with Gasteiger partial charge in [0.2, 0.25) is 0 Å². The van der Waals surface area contributed by atoms with Crippen LogP contribution < -0.4 is 10.2 Å². The quantitative estimate of drug-likeness (QED) is 0.0794. The molecular weight excluding hydrogens is 911 g/mol. The molecule has 270 valence electrons. The van der Waals surface area contributed by atoms with E-state index in [4.69, 9.17) is 0 Å². The first-order chi connectivity index (χ1) is 24.4. The van der Waals surface area contributed by atoms with Crippen LogP contribution in [0, 0.1) is 31.1 Å². The van der Waals surface area contributed by atoms with E-state index >= 15 is 0 Å². The van der Waals surface area contributed by atoms with Gasteiger partial charge in [0.1, 0.15) is 0 Å². The van der Waals surface area contributed by atoms with Gasteiger partial charge < -0.3 is 21.2 Å². The Bertz CT molecular complexity index is 1840. The van der Waals surface area contributed by atoms with Gasteiger partial charge in [-0.25, -0.2) is 0 Å². The summed E-state index contributed by atoms with van der Waals surface area (Å²) in [6, 6.07) is 55.0. The van der Waals surface area contributed by atoms with E-state index in [1.54, 1.807) is 97.1 Å². The third-order valence-corrected chi connectivity index (χ3v) is 8.41. The number of ketones is 2. The summed E-state index contributed by atoms with van der Waals surface area (Å²) in [5.41, 5.74) is 4.37. The third kappa shape index (κ3) is 16.8. The van der Waals surface area contributed by atoms with Crippen LogP contribution in [0.1, 0.15) is 43.0 Å². The van der Waals surface area contributed by atoms with Gasteiger partial charge in [0.05, 0.1) is 0 Å². The van der Waals surface area contributed by atoms with Crippen molar-refractivity contribution in [1.29, 1.82) is 0 Å². The Morgan fingerprint density at radius 2 is 0.642 bits per heavy atom. The summed E-state index contributed by atoms with van der Waals surface area (Å²) in [4.78, 5) is 23.5. The number of carbonyl (C=O) groups is 2. The van der Waals surface area contributed by atoms with E-state index in [1.165, 1.54) is 0 Å². The van der Waals surface area contributed by atoms with Crippen LogP contribution >= 0.6 is 0 Å². The van der Waals surface area contributed by atoms with Crippen molar-refractivity contribution in [2.75, 3.05) is 0 Å². The Hall–Kier alpha value is -5.14. The second-order valence-electron chi connectivity index (χ2n) is 10.9. The molecule has 0 radical (unpaired) electrons. The molecule has 0 saturated carbocycles. The molecule has 0 aliphatic heterocycles. The van der Waals surface area contributed by atoms with Gasteiger partial charge >= 0.3 is 0 Å². The van der Waals surface area contributed by atoms with Crippen molar-refractivity contribution in [2.45, 2.75) is 11.5 Å². The van der Waals surface area contributed by atoms with Crippen LogP contribution in [0.5, 0.6) is 0 Å². The standard InChI is InChI=1S/2C15H12O2.C14H14OS.2O.U/c2*16-14(12-7-3-1-4-8-12)11-15(17)13-9-5-2-6-10-13;15-16(11-13-7-3-1-4-8-13)12-14-9-5-2-6-10-14;;;/h2*1-11,16H;1-10H,11-12H2;;;/q;;;2*-2;/p-2/b2*14-11-;;;;. The largest absolute Gasteiger partial charge is 2.00 e. The van der Waals surface area contributed by atoms with Gasteiger partial charge in [0.15, 0.2) is 11.6 Å². The van der Waals surface area contributed by atoms with E-state index in [-0.39, 0.29) is 65.2 Å². The topological polar surface area (TPSA) is 154 Å². The van der Waals surface area contributed by atoms with Crippen LogP contribution in [-0.2, 0) is 33.3 Å². The van der Waals surface area contributed by atoms with Crippen molar-refractivity contribution >= 4 is 33.9 Å². The van der Waals surface area contributed by atoms with E-state index in [2.05, 4.69) is 0 Å². The second kappa shape index (κ2) is 25.8. The molecule has 6 aromatic carbocycles. The van der Waals surface area contributed by atoms with Gasteiger partial charge in [-0.3, -0.25) is 13.8 Å². The normalized spacial score (nSPS) is 10.4. The van der Waals surface area contributed by atoms with Crippen molar-refractivity contribution < 1.29 is 66.1 Å². The molecule has 6 aromatic rings. The SMILES string of the molecule is O=C(/C=C(\[O-])c1ccccc1)c1ccccc1.O=C(/C=C(\[O-])c1ccccc1)c1ccccc1.O=S(Cc1ccccc1)Cc1ccccc1.[O-2].[O-2].[U]. The van der Waals surface area contributed by atoms with Crippen LogP contribution in [0.3, 0.4) is 0 Å². The summed E-state index contributed by atoms with van der Waals surface area (Å²) in [7, 11) is -0.822. The average molecular weight is 947 g/mol. The minimum absolute atomic E-state index is 0. The molecule has 0 saturated heterocycles. The van der Waals surface area contributed by atoms with Crippen molar-refractivity contribution in [3.05, 3.63) is 228 Å². The Morgan fingerprint density at radius 3 is 0.906 bits per heavy atom. The van der Waals surface area contributed by atoms with Crippen molar-refractivity contribution in [3.8, 4) is 0 Å². The van der Waals surface area contributed by atoms with Gasteiger partial charge in [0, 0.05) is 64.5 Å². The fourth-order valence-electron chi connectivity index (χ4n) is 4.55. The van der Waals surface area contributed by atoms with Gasteiger partial charge in [-0.2, -0.15) is 0 Å². The Balaban J connectivity index is 0.000000387. The third-order valence-electron chi connectivity index (χ3n) is 7.10. The average Bonchev–Trinajstić information content (AvgIpc) is 3.17. The fraction of sp³-hybridized carbons (Fsp3) is 0.0455. The van der Waals surface area contributed by atoms with Crippen LogP contribution in [0.2, 0.25) is 0 Å². The molecule has 0 unspecified atom stereocenters. The molecule has 0 aliphatic carbocycles. The first kappa shape index (κ1) is 45.9. The second-order valence-corrected chi connectivity index (χ2v) is 12.4. The number of carbonyl (C=O) groups excluding carboxylic acids is 2. The molecular formula is C44H36O7SU-6. The Kier molecular flexibility index (Phi) is 22.3. The maximum Gasteiger partial charge on any atom is 0.185 e. The molecule has 0 spiro atoms. The van der Waals surface area contributed by atoms with Crippen molar-refractivity contribution in [1.82, 2.24) is 0 Å². The number of rotatable bonds is 10. The zero-order chi connectivity index (χ0) is 35.4. The summed E-state index contributed by atoms with van der Waals surface area (Å²) >= 11 is 0. The molecule has 9 heteroatoms. The summed E-state index contributed by atoms with van der Waals surface area (Å²) in [5, 5.41) is 23.5. The van der Waals surface area contributed by atoms with Crippen LogP contribution in [0.4, 0.5) is 0 Å². The predicted molar refractivity (Wildman–Crippen MR) is 200 cm³/mol. The molecule has 0 fully saturated rings. The summed E-state index contributed by atoms with van der Waals surface area (Å²) in [6.07, 6.45) is 2.26. The van der Waals surface area contributed by atoms with Crippen molar-refractivity contribution in [3.63, 3.8) is 0 Å². The molecule has 0 heterocycles. The first-order valence-electron chi connectivity index (χ1n) is 15.9. The van der Waals surface area contributed by atoms with Gasteiger partial charge in [0.25, 0.3) is 0 Å². The van der Waals surface area contributed by atoms with E-state index in [0.29, 0.717) is 33.8 Å². The van der Waals surface area contributed by atoms with Gasteiger partial charge in [-0.05, 0) is 34.4 Å². The zero-order valence-electron chi connectivity index (χ0n) is 28.7. The Labute approximate surface area is 336 Å². The van der Waals surface area contributed by atoms with Gasteiger partial charge in [-0.1, -0.05) is 194 Å². The van der Waals surface area contributed by atoms with Crippen LogP contribution in [0.25, 0.3) is 11.5 Å². The fourth-order valence-corrected chi connectivity index (χ4v) is 5.78. The minimum Gasteiger partial charge on any atom is -2.00 e. The molecule has 0 atom stereocenters. The summed E-state index contributed by atoms with van der Waals surface area (Å²) < 4.78 is 11.9. The summed E-state index contributed by atoms with van der Waals surface area (Å²) in [5.74, 6) is 0.212. The molecule has 53 heavy (non-hydrogen) atoms. The maximum absolute atomic E-state index is 11.9. The number of benzene rings is 6. The van der Waals surface area contributed by atoms with Gasteiger partial charge in [-0.15, -0.1) is 0 Å². The van der Waals surface area contributed by atoms with E-state index < -0.39 is 10.8 Å². The molecule has 7 nitrogen and oxygen atoms in total. The molecule has 0 amide bonds. The zero-order valence-corrected chi connectivity index (χ0v) is 33.6. The monoisotopic (exact) mass is 946 g/mol. The molecule has 0 aliphatic rings.